The van der Waals surface area contributed by atoms with Crippen LogP contribution in [0.3, 0.4) is 0 Å². The van der Waals surface area contributed by atoms with Gasteiger partial charge < -0.3 is 26.0 Å². The summed E-state index contributed by atoms with van der Waals surface area (Å²) in [6.07, 6.45) is -1.77. The molecule has 0 saturated carbocycles. The van der Waals surface area contributed by atoms with Gasteiger partial charge in [-0.05, 0) is 5.56 Å². The van der Waals surface area contributed by atoms with Gasteiger partial charge in [0.15, 0.2) is 0 Å². The molecule has 0 spiro atoms. The smallest absolute Gasteiger partial charge is 0.407 e. The van der Waals surface area contributed by atoms with E-state index in [9.17, 15) is 25.1 Å². The summed E-state index contributed by atoms with van der Waals surface area (Å²) in [7, 11) is 0. The Balaban J connectivity index is 1.89. The molecule has 10 nitrogen and oxygen atoms in total. The van der Waals surface area contributed by atoms with Crippen LogP contribution in [0, 0.1) is 10.1 Å². The molecule has 1 amide bonds. The first-order valence-electron chi connectivity index (χ1n) is 7.58. The van der Waals surface area contributed by atoms with Gasteiger partial charge in [-0.15, -0.1) is 0 Å². The second-order valence-corrected chi connectivity index (χ2v) is 5.37. The van der Waals surface area contributed by atoms with Gasteiger partial charge in [-0.2, -0.15) is 0 Å². The molecule has 0 bridgehead atoms. The summed E-state index contributed by atoms with van der Waals surface area (Å²) in [5, 5.41) is 33.2. The lowest BCUT2D eigenvalue weighted by atomic mass is 10.0. The second-order valence-electron chi connectivity index (χ2n) is 5.37. The molecule has 0 aliphatic heterocycles. The number of hydrogen-bond acceptors (Lipinski definition) is 8. The van der Waals surface area contributed by atoms with Gasteiger partial charge >= 0.3 is 11.8 Å². The van der Waals surface area contributed by atoms with E-state index in [4.69, 9.17) is 10.5 Å². The van der Waals surface area contributed by atoms with Crippen molar-refractivity contribution in [3.63, 3.8) is 0 Å². The summed E-state index contributed by atoms with van der Waals surface area (Å²) >= 11 is 0. The van der Waals surface area contributed by atoms with Crippen LogP contribution in [0.25, 0.3) is 0 Å². The Morgan fingerprint density at radius 1 is 1.31 bits per heavy atom. The van der Waals surface area contributed by atoms with E-state index >= 15 is 0 Å². The fourth-order valence-electron chi connectivity index (χ4n) is 2.14. The number of nitro groups is 1. The largest absolute Gasteiger partial charge is 0.445 e. The van der Waals surface area contributed by atoms with Crippen LogP contribution in [0.2, 0.25) is 0 Å². The van der Waals surface area contributed by atoms with Gasteiger partial charge in [0, 0.05) is 18.3 Å². The number of amides is 1. The summed E-state index contributed by atoms with van der Waals surface area (Å²) in [5.74, 6) is 0. The number of aromatic nitrogens is 1. The number of carbonyl (C=O) groups excluding carboxylic acids is 1. The number of hydrogen-bond donors (Lipinski definition) is 4. The molecule has 2 atom stereocenters. The molecule has 1 aromatic heterocycles. The van der Waals surface area contributed by atoms with E-state index in [0.717, 1.165) is 18.0 Å². The van der Waals surface area contributed by atoms with Crippen LogP contribution in [0.15, 0.2) is 42.7 Å². The fourth-order valence-corrected chi connectivity index (χ4v) is 2.14. The van der Waals surface area contributed by atoms with Crippen LogP contribution in [0.1, 0.15) is 17.2 Å². The van der Waals surface area contributed by atoms with Crippen molar-refractivity contribution < 1.29 is 24.7 Å². The van der Waals surface area contributed by atoms with E-state index in [1.54, 1.807) is 24.3 Å². The molecule has 1 heterocycles. The molecule has 0 radical (unpaired) electrons. The van der Waals surface area contributed by atoms with E-state index in [2.05, 4.69) is 10.3 Å². The average Bonchev–Trinajstić information content (AvgIpc) is 2.64. The summed E-state index contributed by atoms with van der Waals surface area (Å²) in [4.78, 5) is 25.4. The Kier molecular flexibility index (Phi) is 6.42. The van der Waals surface area contributed by atoms with Gasteiger partial charge in [0.25, 0.3) is 0 Å². The highest BCUT2D eigenvalue weighted by molar-refractivity contribution is 5.67. The molecule has 2 aromatic rings. The maximum absolute atomic E-state index is 11.6. The van der Waals surface area contributed by atoms with Crippen LogP contribution in [0.4, 0.5) is 16.2 Å². The quantitative estimate of drug-likeness (QED) is 0.417. The van der Waals surface area contributed by atoms with Crippen molar-refractivity contribution in [1.82, 2.24) is 10.3 Å². The number of anilines is 1. The zero-order valence-corrected chi connectivity index (χ0v) is 13.6. The number of carbonyl (C=O) groups is 1. The first-order chi connectivity index (χ1) is 12.4. The number of alkyl carbamates (subject to hydrolysis) is 1. The first kappa shape index (κ1) is 19.1. The Hall–Kier alpha value is -3.24. The number of benzene rings is 1. The molecule has 2 rings (SSSR count). The van der Waals surface area contributed by atoms with E-state index in [-0.39, 0.29) is 24.4 Å². The number of nitrogens with one attached hydrogen (secondary N) is 1. The molecule has 2 unspecified atom stereocenters. The Morgan fingerprint density at radius 2 is 2.00 bits per heavy atom. The van der Waals surface area contributed by atoms with Crippen LogP contribution in [0.5, 0.6) is 0 Å². The Bertz CT molecular complexity index is 771. The summed E-state index contributed by atoms with van der Waals surface area (Å²) < 4.78 is 4.97. The third-order valence-corrected chi connectivity index (χ3v) is 3.55. The maximum Gasteiger partial charge on any atom is 0.407 e. The number of rotatable bonds is 7. The van der Waals surface area contributed by atoms with Gasteiger partial charge in [-0.25, -0.2) is 4.79 Å². The maximum atomic E-state index is 11.6. The summed E-state index contributed by atoms with van der Waals surface area (Å²) in [5.41, 5.74) is 5.53. The van der Waals surface area contributed by atoms with Gasteiger partial charge in [-0.1, -0.05) is 30.3 Å². The van der Waals surface area contributed by atoms with Gasteiger partial charge in [0.2, 0.25) is 0 Å². The third-order valence-electron chi connectivity index (χ3n) is 3.55. The predicted octanol–water partition coefficient (Wildman–Crippen LogP) is 0.893. The lowest BCUT2D eigenvalue weighted by molar-refractivity contribution is -0.384. The molecule has 5 N–H and O–H groups in total. The highest BCUT2D eigenvalue weighted by Gasteiger charge is 2.26. The predicted molar refractivity (Wildman–Crippen MR) is 90.9 cm³/mol. The zero-order chi connectivity index (χ0) is 19.1. The van der Waals surface area contributed by atoms with Crippen LogP contribution >= 0.6 is 0 Å². The Morgan fingerprint density at radius 3 is 2.65 bits per heavy atom. The van der Waals surface area contributed by atoms with Crippen molar-refractivity contribution >= 4 is 17.5 Å². The summed E-state index contributed by atoms with van der Waals surface area (Å²) in [6, 6.07) is 8.99. The van der Waals surface area contributed by atoms with Crippen LogP contribution < -0.4 is 11.1 Å². The number of aliphatic hydroxyl groups excluding tert-OH is 2. The molecule has 26 heavy (non-hydrogen) atoms. The molecule has 138 valence electrons. The number of nitrogens with zero attached hydrogens (tertiary/aromatic N) is 2. The standard InChI is InChI=1S/C16H18N4O6/c17-14-11(6-18-7-12(14)20(24)25)15(22)13(21)8-19-16(23)26-9-10-4-2-1-3-5-10/h1-7,13,15,21-22H,8-9H2,(H2,17,18)(H,19,23). The van der Waals surface area contributed by atoms with E-state index in [1.165, 1.54) is 0 Å². The molecule has 10 heteroatoms. The SMILES string of the molecule is Nc1c(C(O)C(O)CNC(=O)OCc2ccccc2)cncc1[N+](=O)[O-]. The molecule has 0 saturated heterocycles. The van der Waals surface area contributed by atoms with Crippen molar-refractivity contribution in [2.75, 3.05) is 12.3 Å². The number of ether oxygens (including phenoxy) is 1. The lowest BCUT2D eigenvalue weighted by Gasteiger charge is -2.19. The highest BCUT2D eigenvalue weighted by atomic mass is 16.6. The zero-order valence-electron chi connectivity index (χ0n) is 13.6. The van der Waals surface area contributed by atoms with Crippen molar-refractivity contribution in [1.29, 1.82) is 0 Å². The number of nitrogens with two attached hydrogens (primary N) is 1. The van der Waals surface area contributed by atoms with Crippen molar-refractivity contribution in [2.24, 2.45) is 0 Å². The van der Waals surface area contributed by atoms with Crippen molar-refractivity contribution in [2.45, 2.75) is 18.8 Å². The third kappa shape index (κ3) is 4.88. The van der Waals surface area contributed by atoms with Crippen molar-refractivity contribution in [3.8, 4) is 0 Å². The fraction of sp³-hybridized carbons (Fsp3) is 0.250. The molecule has 0 aliphatic carbocycles. The normalized spacial score (nSPS) is 12.8. The molecule has 0 aliphatic rings. The van der Waals surface area contributed by atoms with E-state index in [1.807, 2.05) is 6.07 Å². The second kappa shape index (κ2) is 8.74. The minimum absolute atomic E-state index is 0.0487. The number of nitrogen functional groups attached to an aromatic ring is 1. The monoisotopic (exact) mass is 362 g/mol. The average molecular weight is 362 g/mol. The first-order valence-corrected chi connectivity index (χ1v) is 7.58. The Labute approximate surface area is 148 Å². The van der Waals surface area contributed by atoms with Crippen LogP contribution in [-0.4, -0.2) is 38.9 Å². The summed E-state index contributed by atoms with van der Waals surface area (Å²) in [6.45, 7) is -0.302. The number of pyridine rings is 1. The van der Waals surface area contributed by atoms with Gasteiger partial charge in [0.1, 0.15) is 30.7 Å². The van der Waals surface area contributed by atoms with Gasteiger partial charge in [-0.3, -0.25) is 15.1 Å². The molecular formula is C16H18N4O6. The van der Waals surface area contributed by atoms with Gasteiger partial charge in [0.05, 0.1) is 4.92 Å². The number of aliphatic hydroxyl groups is 2. The lowest BCUT2D eigenvalue weighted by Crippen LogP contribution is -2.36. The molecule has 0 fully saturated rings. The minimum atomic E-state index is -1.57. The van der Waals surface area contributed by atoms with Crippen molar-refractivity contribution in [3.05, 3.63) is 64.0 Å². The van der Waals surface area contributed by atoms with E-state index < -0.39 is 28.9 Å². The van der Waals surface area contributed by atoms with E-state index in [0.29, 0.717) is 0 Å². The topological polar surface area (TPSA) is 161 Å². The highest BCUT2D eigenvalue weighted by Crippen LogP contribution is 2.29. The molecular weight excluding hydrogens is 344 g/mol. The van der Waals surface area contributed by atoms with Crippen LogP contribution in [-0.2, 0) is 11.3 Å². The molecule has 1 aromatic carbocycles. The minimum Gasteiger partial charge on any atom is -0.445 e.